The number of hydrogen-bond donors (Lipinski definition) is 1. The van der Waals surface area contributed by atoms with Gasteiger partial charge in [-0.2, -0.15) is 0 Å². The fourth-order valence-electron chi connectivity index (χ4n) is 3.41. The number of carbonyl (C=O) groups is 1. The van der Waals surface area contributed by atoms with Gasteiger partial charge in [-0.25, -0.2) is 8.42 Å². The molecule has 144 valence electrons. The van der Waals surface area contributed by atoms with Crippen molar-refractivity contribution in [3.05, 3.63) is 45.9 Å². The summed E-state index contributed by atoms with van der Waals surface area (Å²) in [5, 5.41) is 0. The van der Waals surface area contributed by atoms with Gasteiger partial charge in [0.1, 0.15) is 10.6 Å². The Labute approximate surface area is 167 Å². The number of fused-ring (bicyclic) bond motifs is 1. The van der Waals surface area contributed by atoms with E-state index in [0.29, 0.717) is 28.0 Å². The summed E-state index contributed by atoms with van der Waals surface area (Å²) in [5.41, 5.74) is 2.84. The van der Waals surface area contributed by atoms with Gasteiger partial charge in [0.05, 0.1) is 12.8 Å². The van der Waals surface area contributed by atoms with Crippen LogP contribution >= 0.6 is 15.9 Å². The first kappa shape index (κ1) is 19.7. The zero-order valence-corrected chi connectivity index (χ0v) is 17.9. The normalized spacial score (nSPS) is 16.2. The zero-order chi connectivity index (χ0) is 19.9. The lowest BCUT2D eigenvalue weighted by molar-refractivity contribution is -0.116. The van der Waals surface area contributed by atoms with Crippen LogP contribution in [0, 0.1) is 6.92 Å². The number of benzene rings is 2. The maximum atomic E-state index is 13.1. The molecule has 1 aliphatic rings. The molecule has 1 aliphatic heterocycles. The number of hydrogen-bond acceptors (Lipinski definition) is 4. The number of sulfonamides is 1. The monoisotopic (exact) mass is 452 g/mol. The Morgan fingerprint density at radius 3 is 2.63 bits per heavy atom. The number of ether oxygens (including phenoxy) is 1. The number of nitrogens with one attached hydrogen (secondary N) is 1. The third-order valence-corrected chi connectivity index (χ3v) is 6.90. The Balaban J connectivity index is 2.06. The van der Waals surface area contributed by atoms with E-state index in [-0.39, 0.29) is 16.8 Å². The number of anilines is 2. The number of aryl methyl sites for hydroxylation is 1. The Kier molecular flexibility index (Phi) is 5.22. The summed E-state index contributed by atoms with van der Waals surface area (Å²) in [6.07, 6.45) is 0.687. The molecule has 2 aromatic rings. The minimum Gasteiger partial charge on any atom is -0.495 e. The van der Waals surface area contributed by atoms with Crippen molar-refractivity contribution in [2.45, 2.75) is 38.1 Å². The molecule has 1 N–H and O–H groups in total. The van der Waals surface area contributed by atoms with Crippen molar-refractivity contribution in [2.24, 2.45) is 0 Å². The van der Waals surface area contributed by atoms with Gasteiger partial charge in [-0.3, -0.25) is 9.52 Å². The van der Waals surface area contributed by atoms with Crippen LogP contribution in [-0.2, 0) is 21.2 Å². The maximum absolute atomic E-state index is 13.1. The lowest BCUT2D eigenvalue weighted by Crippen LogP contribution is -2.33. The molecule has 0 radical (unpaired) electrons. The van der Waals surface area contributed by atoms with E-state index in [4.69, 9.17) is 4.74 Å². The molecule has 2 aromatic carbocycles. The standard InChI is InChI=1S/C19H21BrN2O4S/c1-11-5-6-18(26-4)16(7-11)21-27(24,25)19-10-17-14(9-15(19)20)8-12(2)22(17)13(3)23/h5-7,9-10,12,21H,8H2,1-4H3. The van der Waals surface area contributed by atoms with E-state index in [1.165, 1.54) is 14.0 Å². The number of carbonyl (C=O) groups excluding carboxylic acids is 1. The summed E-state index contributed by atoms with van der Waals surface area (Å²) in [5.74, 6) is 0.320. The summed E-state index contributed by atoms with van der Waals surface area (Å²) in [6.45, 7) is 5.30. The van der Waals surface area contributed by atoms with Crippen molar-refractivity contribution in [2.75, 3.05) is 16.7 Å². The van der Waals surface area contributed by atoms with E-state index < -0.39 is 10.0 Å². The highest BCUT2D eigenvalue weighted by Gasteiger charge is 2.32. The van der Waals surface area contributed by atoms with Gasteiger partial charge in [-0.05, 0) is 71.6 Å². The molecule has 6 nitrogen and oxygen atoms in total. The molecule has 0 spiro atoms. The van der Waals surface area contributed by atoms with Gasteiger partial charge in [-0.15, -0.1) is 0 Å². The number of amides is 1. The number of methoxy groups -OCH3 is 1. The summed E-state index contributed by atoms with van der Waals surface area (Å²) in [7, 11) is -2.41. The molecule has 1 unspecified atom stereocenters. The summed E-state index contributed by atoms with van der Waals surface area (Å²) in [6, 6.07) is 8.58. The molecule has 27 heavy (non-hydrogen) atoms. The van der Waals surface area contributed by atoms with E-state index in [0.717, 1.165) is 11.1 Å². The van der Waals surface area contributed by atoms with Gasteiger partial charge in [0.2, 0.25) is 5.91 Å². The highest BCUT2D eigenvalue weighted by Crippen LogP contribution is 2.39. The number of nitrogens with zero attached hydrogens (tertiary/aromatic N) is 1. The molecule has 1 heterocycles. The van der Waals surface area contributed by atoms with Crippen LogP contribution in [0.3, 0.4) is 0 Å². The third-order valence-electron chi connectivity index (χ3n) is 4.58. The van der Waals surface area contributed by atoms with Gasteiger partial charge in [-0.1, -0.05) is 6.07 Å². The van der Waals surface area contributed by atoms with Crippen molar-refractivity contribution in [3.8, 4) is 5.75 Å². The second-order valence-electron chi connectivity index (χ2n) is 6.66. The first-order valence-corrected chi connectivity index (χ1v) is 10.7. The Hall–Kier alpha value is -2.06. The Morgan fingerprint density at radius 2 is 2.00 bits per heavy atom. The summed E-state index contributed by atoms with van der Waals surface area (Å²) < 4.78 is 34.4. The molecule has 0 aromatic heterocycles. The predicted octanol–water partition coefficient (Wildman–Crippen LogP) is 3.86. The fraction of sp³-hybridized carbons (Fsp3) is 0.316. The second-order valence-corrected chi connectivity index (χ2v) is 9.17. The largest absolute Gasteiger partial charge is 0.495 e. The van der Waals surface area contributed by atoms with E-state index in [9.17, 15) is 13.2 Å². The van der Waals surface area contributed by atoms with Crippen LogP contribution in [0.25, 0.3) is 0 Å². The van der Waals surface area contributed by atoms with Crippen molar-refractivity contribution >= 4 is 43.2 Å². The smallest absolute Gasteiger partial charge is 0.263 e. The molecule has 8 heteroatoms. The quantitative estimate of drug-likeness (QED) is 0.763. The highest BCUT2D eigenvalue weighted by atomic mass is 79.9. The second kappa shape index (κ2) is 7.16. The average Bonchev–Trinajstić information content (AvgIpc) is 2.88. The third kappa shape index (κ3) is 3.68. The molecule has 0 saturated heterocycles. The van der Waals surface area contributed by atoms with Gasteiger partial charge in [0.15, 0.2) is 0 Å². The lowest BCUT2D eigenvalue weighted by atomic mass is 10.1. The first-order valence-electron chi connectivity index (χ1n) is 8.43. The Morgan fingerprint density at radius 1 is 1.30 bits per heavy atom. The molecular formula is C19H21BrN2O4S. The minimum atomic E-state index is -3.90. The molecule has 0 fully saturated rings. The van der Waals surface area contributed by atoms with E-state index in [1.54, 1.807) is 29.2 Å². The molecular weight excluding hydrogens is 432 g/mol. The predicted molar refractivity (Wildman–Crippen MR) is 109 cm³/mol. The molecule has 0 aliphatic carbocycles. The summed E-state index contributed by atoms with van der Waals surface area (Å²) >= 11 is 3.37. The van der Waals surface area contributed by atoms with Gasteiger partial charge in [0.25, 0.3) is 10.0 Å². The van der Waals surface area contributed by atoms with Crippen LogP contribution in [0.1, 0.15) is 25.0 Å². The molecule has 3 rings (SSSR count). The SMILES string of the molecule is COc1ccc(C)cc1NS(=O)(=O)c1cc2c(cc1Br)CC(C)N2C(C)=O. The summed E-state index contributed by atoms with van der Waals surface area (Å²) in [4.78, 5) is 13.7. The van der Waals surface area contributed by atoms with Crippen molar-refractivity contribution in [3.63, 3.8) is 0 Å². The topological polar surface area (TPSA) is 75.7 Å². The van der Waals surface area contributed by atoms with Crippen molar-refractivity contribution in [1.82, 2.24) is 0 Å². The van der Waals surface area contributed by atoms with Gasteiger partial charge in [0, 0.05) is 23.1 Å². The fourth-order valence-corrected chi connectivity index (χ4v) is 5.58. The van der Waals surface area contributed by atoms with E-state index in [2.05, 4.69) is 20.7 Å². The average molecular weight is 453 g/mol. The van der Waals surface area contributed by atoms with Crippen molar-refractivity contribution < 1.29 is 17.9 Å². The van der Waals surface area contributed by atoms with Crippen LogP contribution in [0.2, 0.25) is 0 Å². The molecule has 1 amide bonds. The van der Waals surface area contributed by atoms with Crippen LogP contribution < -0.4 is 14.4 Å². The van der Waals surface area contributed by atoms with E-state index in [1.807, 2.05) is 19.9 Å². The van der Waals surface area contributed by atoms with Gasteiger partial charge < -0.3 is 9.64 Å². The first-order chi connectivity index (χ1) is 12.6. The zero-order valence-electron chi connectivity index (χ0n) is 15.5. The van der Waals surface area contributed by atoms with Crippen LogP contribution in [0.15, 0.2) is 39.7 Å². The van der Waals surface area contributed by atoms with Gasteiger partial charge >= 0.3 is 0 Å². The highest BCUT2D eigenvalue weighted by molar-refractivity contribution is 9.10. The Bertz CT molecular complexity index is 1020. The van der Waals surface area contributed by atoms with E-state index >= 15 is 0 Å². The lowest BCUT2D eigenvalue weighted by Gasteiger charge is -2.21. The van der Waals surface area contributed by atoms with Crippen LogP contribution in [0.4, 0.5) is 11.4 Å². The molecule has 0 saturated carbocycles. The molecule has 1 atom stereocenters. The van der Waals surface area contributed by atoms with Crippen LogP contribution in [-0.4, -0.2) is 27.5 Å². The van der Waals surface area contributed by atoms with Crippen LogP contribution in [0.5, 0.6) is 5.75 Å². The minimum absolute atomic E-state index is 0.00724. The van der Waals surface area contributed by atoms with Crippen molar-refractivity contribution in [1.29, 1.82) is 0 Å². The number of halogens is 1. The maximum Gasteiger partial charge on any atom is 0.263 e. The number of rotatable bonds is 4. The molecule has 0 bridgehead atoms.